The number of halogens is 1. The molecular weight excluding hydrogens is 296 g/mol. The molecule has 1 atom stereocenters. The van der Waals surface area contributed by atoms with Crippen LogP contribution >= 0.6 is 27.3 Å². The summed E-state index contributed by atoms with van der Waals surface area (Å²) < 4.78 is 1.09. The second kappa shape index (κ2) is 5.76. The normalized spacial score (nSPS) is 12.6. The molecular formula is C13H15BrN2S. The van der Waals surface area contributed by atoms with Crippen molar-refractivity contribution in [3.05, 3.63) is 39.8 Å². The molecule has 1 heterocycles. The molecule has 0 radical (unpaired) electrons. The van der Waals surface area contributed by atoms with Gasteiger partial charge in [-0.3, -0.25) is 0 Å². The maximum absolute atomic E-state index is 4.67. The minimum atomic E-state index is 0.465. The molecule has 0 saturated carbocycles. The molecule has 2 aromatic rings. The van der Waals surface area contributed by atoms with Gasteiger partial charge in [-0.15, -0.1) is 11.3 Å². The standard InChI is InChI=1S/C13H15BrN2S/c1-9(15-2)6-12-8-17-13(16-12)10-4-3-5-11(14)7-10/h3-5,7-9,15H,6H2,1-2H3. The molecule has 17 heavy (non-hydrogen) atoms. The maximum atomic E-state index is 4.67. The van der Waals surface area contributed by atoms with Crippen molar-refractivity contribution in [2.45, 2.75) is 19.4 Å². The van der Waals surface area contributed by atoms with Gasteiger partial charge in [-0.05, 0) is 26.1 Å². The van der Waals surface area contributed by atoms with Gasteiger partial charge in [0.05, 0.1) is 5.69 Å². The maximum Gasteiger partial charge on any atom is 0.123 e. The van der Waals surface area contributed by atoms with Crippen LogP contribution in [0, 0.1) is 0 Å². The van der Waals surface area contributed by atoms with E-state index in [0.29, 0.717) is 6.04 Å². The van der Waals surface area contributed by atoms with E-state index >= 15 is 0 Å². The van der Waals surface area contributed by atoms with Crippen LogP contribution in [0.5, 0.6) is 0 Å². The zero-order valence-corrected chi connectivity index (χ0v) is 12.3. The third kappa shape index (κ3) is 3.37. The lowest BCUT2D eigenvalue weighted by Gasteiger charge is -2.06. The van der Waals surface area contributed by atoms with Crippen LogP contribution in [0.25, 0.3) is 10.6 Å². The van der Waals surface area contributed by atoms with Crippen LogP contribution < -0.4 is 5.32 Å². The summed E-state index contributed by atoms with van der Waals surface area (Å²) in [4.78, 5) is 4.67. The summed E-state index contributed by atoms with van der Waals surface area (Å²) in [5, 5.41) is 6.46. The summed E-state index contributed by atoms with van der Waals surface area (Å²) in [6.07, 6.45) is 0.973. The largest absolute Gasteiger partial charge is 0.317 e. The number of nitrogens with zero attached hydrogens (tertiary/aromatic N) is 1. The van der Waals surface area contributed by atoms with Gasteiger partial charge in [0.1, 0.15) is 5.01 Å². The van der Waals surface area contributed by atoms with Gasteiger partial charge in [-0.2, -0.15) is 0 Å². The predicted octanol–water partition coefficient (Wildman–Crippen LogP) is 3.72. The van der Waals surface area contributed by atoms with Crippen molar-refractivity contribution in [3.63, 3.8) is 0 Å². The highest BCUT2D eigenvalue weighted by atomic mass is 79.9. The average Bonchev–Trinajstić information content (AvgIpc) is 2.77. The number of hydrogen-bond acceptors (Lipinski definition) is 3. The Morgan fingerprint density at radius 1 is 1.47 bits per heavy atom. The quantitative estimate of drug-likeness (QED) is 0.931. The molecule has 0 fully saturated rings. The van der Waals surface area contributed by atoms with Gasteiger partial charge >= 0.3 is 0 Å². The Labute approximate surface area is 114 Å². The van der Waals surface area contributed by atoms with Crippen molar-refractivity contribution in [1.82, 2.24) is 10.3 Å². The van der Waals surface area contributed by atoms with Crippen LogP contribution in [0.4, 0.5) is 0 Å². The van der Waals surface area contributed by atoms with Crippen molar-refractivity contribution >= 4 is 27.3 Å². The van der Waals surface area contributed by atoms with E-state index in [0.717, 1.165) is 21.6 Å². The predicted molar refractivity (Wildman–Crippen MR) is 77.5 cm³/mol. The molecule has 0 aliphatic rings. The van der Waals surface area contributed by atoms with Gasteiger partial charge in [0.25, 0.3) is 0 Å². The molecule has 0 aliphatic carbocycles. The van der Waals surface area contributed by atoms with E-state index in [-0.39, 0.29) is 0 Å². The van der Waals surface area contributed by atoms with Crippen LogP contribution in [-0.2, 0) is 6.42 Å². The molecule has 1 N–H and O–H groups in total. The highest BCUT2D eigenvalue weighted by Gasteiger charge is 2.07. The number of likely N-dealkylation sites (N-methyl/N-ethyl adjacent to an activating group) is 1. The number of rotatable bonds is 4. The monoisotopic (exact) mass is 310 g/mol. The molecule has 0 aliphatic heterocycles. The Morgan fingerprint density at radius 2 is 2.29 bits per heavy atom. The number of thiazole rings is 1. The minimum absolute atomic E-state index is 0.465. The topological polar surface area (TPSA) is 24.9 Å². The molecule has 0 amide bonds. The molecule has 0 spiro atoms. The second-order valence-electron chi connectivity index (χ2n) is 4.05. The number of hydrogen-bond donors (Lipinski definition) is 1. The van der Waals surface area contributed by atoms with Gasteiger partial charge < -0.3 is 5.32 Å². The molecule has 1 unspecified atom stereocenters. The number of benzene rings is 1. The minimum Gasteiger partial charge on any atom is -0.317 e. The van der Waals surface area contributed by atoms with E-state index in [1.165, 1.54) is 5.56 Å². The van der Waals surface area contributed by atoms with Gasteiger partial charge in [0.15, 0.2) is 0 Å². The molecule has 1 aromatic heterocycles. The Bertz CT molecular complexity index is 496. The van der Waals surface area contributed by atoms with Gasteiger partial charge in [-0.1, -0.05) is 28.1 Å². The van der Waals surface area contributed by atoms with Crippen molar-refractivity contribution in [2.24, 2.45) is 0 Å². The van der Waals surface area contributed by atoms with E-state index < -0.39 is 0 Å². The summed E-state index contributed by atoms with van der Waals surface area (Å²) in [5.41, 5.74) is 2.33. The number of nitrogens with one attached hydrogen (secondary N) is 1. The van der Waals surface area contributed by atoms with Crippen molar-refractivity contribution in [3.8, 4) is 10.6 Å². The van der Waals surface area contributed by atoms with Crippen molar-refractivity contribution in [2.75, 3.05) is 7.05 Å². The summed E-state index contributed by atoms with van der Waals surface area (Å²) >= 11 is 5.19. The highest BCUT2D eigenvalue weighted by molar-refractivity contribution is 9.10. The van der Waals surface area contributed by atoms with E-state index in [1.807, 2.05) is 19.2 Å². The van der Waals surface area contributed by atoms with E-state index in [9.17, 15) is 0 Å². The van der Waals surface area contributed by atoms with Crippen LogP contribution in [-0.4, -0.2) is 18.1 Å². The fourth-order valence-electron chi connectivity index (χ4n) is 1.57. The lowest BCUT2D eigenvalue weighted by Crippen LogP contribution is -2.23. The fourth-order valence-corrected chi connectivity index (χ4v) is 2.80. The van der Waals surface area contributed by atoms with E-state index in [4.69, 9.17) is 0 Å². The summed E-state index contributed by atoms with van der Waals surface area (Å²) in [5.74, 6) is 0. The first-order valence-electron chi connectivity index (χ1n) is 5.56. The summed E-state index contributed by atoms with van der Waals surface area (Å²) in [6.45, 7) is 2.16. The van der Waals surface area contributed by atoms with Gasteiger partial charge in [0.2, 0.25) is 0 Å². The molecule has 2 nitrogen and oxygen atoms in total. The Kier molecular flexibility index (Phi) is 4.31. The molecule has 0 saturated heterocycles. The van der Waals surface area contributed by atoms with E-state index in [2.05, 4.69) is 50.7 Å². The molecule has 0 bridgehead atoms. The smallest absolute Gasteiger partial charge is 0.123 e. The van der Waals surface area contributed by atoms with Gasteiger partial charge in [0, 0.05) is 27.9 Å². The lowest BCUT2D eigenvalue weighted by atomic mass is 10.2. The number of aromatic nitrogens is 1. The first kappa shape index (κ1) is 12.7. The van der Waals surface area contributed by atoms with E-state index in [1.54, 1.807) is 11.3 Å². The average molecular weight is 311 g/mol. The Morgan fingerprint density at radius 3 is 3.00 bits per heavy atom. The lowest BCUT2D eigenvalue weighted by molar-refractivity contribution is 0.602. The highest BCUT2D eigenvalue weighted by Crippen LogP contribution is 2.26. The first-order valence-corrected chi connectivity index (χ1v) is 7.24. The van der Waals surface area contributed by atoms with Crippen LogP contribution in [0.1, 0.15) is 12.6 Å². The summed E-state index contributed by atoms with van der Waals surface area (Å²) in [6, 6.07) is 8.73. The SMILES string of the molecule is CNC(C)Cc1csc(-c2cccc(Br)c2)n1. The fraction of sp³-hybridized carbons (Fsp3) is 0.308. The van der Waals surface area contributed by atoms with Crippen LogP contribution in [0.15, 0.2) is 34.1 Å². The zero-order valence-electron chi connectivity index (χ0n) is 9.90. The van der Waals surface area contributed by atoms with Crippen LogP contribution in [0.2, 0.25) is 0 Å². The Hall–Kier alpha value is -0.710. The molecule has 2 rings (SSSR count). The van der Waals surface area contributed by atoms with Gasteiger partial charge in [-0.25, -0.2) is 4.98 Å². The van der Waals surface area contributed by atoms with Crippen LogP contribution in [0.3, 0.4) is 0 Å². The second-order valence-corrected chi connectivity index (χ2v) is 5.82. The zero-order chi connectivity index (χ0) is 12.3. The Balaban J connectivity index is 2.18. The van der Waals surface area contributed by atoms with Crippen molar-refractivity contribution in [1.29, 1.82) is 0 Å². The first-order chi connectivity index (χ1) is 8.19. The van der Waals surface area contributed by atoms with Crippen molar-refractivity contribution < 1.29 is 0 Å². The third-order valence-electron chi connectivity index (χ3n) is 2.63. The molecule has 90 valence electrons. The molecule has 4 heteroatoms. The summed E-state index contributed by atoms with van der Waals surface area (Å²) in [7, 11) is 1.98. The molecule has 1 aromatic carbocycles. The third-order valence-corrected chi connectivity index (χ3v) is 4.06.